The Bertz CT molecular complexity index is 721. The molecule has 122 valence electrons. The second kappa shape index (κ2) is 7.41. The number of hydrogen-bond donors (Lipinski definition) is 3. The van der Waals surface area contributed by atoms with Crippen molar-refractivity contribution in [2.24, 2.45) is 0 Å². The number of nitro groups is 1. The first-order chi connectivity index (χ1) is 10.9. The number of halogens is 1. The van der Waals surface area contributed by atoms with Crippen LogP contribution in [-0.4, -0.2) is 21.7 Å². The van der Waals surface area contributed by atoms with Crippen molar-refractivity contribution in [3.8, 4) is 5.75 Å². The topological polar surface area (TPSA) is 95.6 Å². The van der Waals surface area contributed by atoms with E-state index in [1.807, 2.05) is 31.2 Å². The molecule has 0 fully saturated rings. The highest BCUT2D eigenvalue weighted by Gasteiger charge is 2.18. The molecule has 1 atom stereocenters. The van der Waals surface area contributed by atoms with Crippen molar-refractivity contribution in [2.75, 3.05) is 6.54 Å². The van der Waals surface area contributed by atoms with E-state index in [1.165, 1.54) is 6.07 Å². The summed E-state index contributed by atoms with van der Waals surface area (Å²) in [6.45, 7) is 2.33. The van der Waals surface area contributed by atoms with E-state index in [0.29, 0.717) is 5.56 Å². The average molecular weight is 337 g/mol. The minimum Gasteiger partial charge on any atom is -0.502 e. The number of aliphatic hydroxyl groups excluding tert-OH is 1. The number of nitro benzene ring substituents is 1. The fourth-order valence-corrected chi connectivity index (χ4v) is 2.49. The Morgan fingerprint density at radius 1 is 1.35 bits per heavy atom. The smallest absolute Gasteiger partial charge is 0.312 e. The van der Waals surface area contributed by atoms with E-state index in [2.05, 4.69) is 5.32 Å². The molecule has 6 nitrogen and oxygen atoms in total. The number of nitrogens with zero attached hydrogens (tertiary/aromatic N) is 1. The molecule has 0 spiro atoms. The summed E-state index contributed by atoms with van der Waals surface area (Å²) in [7, 11) is 0. The zero-order valence-electron chi connectivity index (χ0n) is 12.5. The van der Waals surface area contributed by atoms with Crippen LogP contribution >= 0.6 is 11.6 Å². The third kappa shape index (κ3) is 4.41. The summed E-state index contributed by atoms with van der Waals surface area (Å²) < 4.78 is 0. The number of hydrogen-bond acceptors (Lipinski definition) is 5. The summed E-state index contributed by atoms with van der Waals surface area (Å²) in [5, 5.41) is 34.0. The fraction of sp³-hybridized carbons (Fsp3) is 0.250. The fourth-order valence-electron chi connectivity index (χ4n) is 2.25. The minimum absolute atomic E-state index is 0.149. The molecule has 0 radical (unpaired) electrons. The maximum Gasteiger partial charge on any atom is 0.312 e. The molecule has 0 aliphatic heterocycles. The first-order valence-electron chi connectivity index (χ1n) is 6.99. The van der Waals surface area contributed by atoms with Gasteiger partial charge < -0.3 is 15.5 Å². The molecule has 0 saturated carbocycles. The second-order valence-electron chi connectivity index (χ2n) is 5.25. The molecule has 1 unspecified atom stereocenters. The molecule has 0 bridgehead atoms. The van der Waals surface area contributed by atoms with Gasteiger partial charge >= 0.3 is 5.69 Å². The van der Waals surface area contributed by atoms with E-state index in [9.17, 15) is 20.3 Å². The maximum atomic E-state index is 10.9. The van der Waals surface area contributed by atoms with Crippen molar-refractivity contribution in [3.05, 3.63) is 68.2 Å². The summed E-state index contributed by atoms with van der Waals surface area (Å²) in [4.78, 5) is 10.2. The number of aliphatic hydroxyl groups is 1. The number of nitrogens with one attached hydrogen (secondary N) is 1. The highest BCUT2D eigenvalue weighted by Crippen LogP contribution is 2.33. The molecule has 0 aliphatic carbocycles. The number of benzene rings is 2. The Morgan fingerprint density at radius 2 is 2.09 bits per heavy atom. The molecule has 0 heterocycles. The van der Waals surface area contributed by atoms with Gasteiger partial charge in [0.2, 0.25) is 0 Å². The van der Waals surface area contributed by atoms with Crippen LogP contribution in [0.2, 0.25) is 5.02 Å². The number of aromatic hydroxyl groups is 1. The van der Waals surface area contributed by atoms with Crippen LogP contribution in [0.5, 0.6) is 5.75 Å². The largest absolute Gasteiger partial charge is 0.502 e. The van der Waals surface area contributed by atoms with Crippen LogP contribution < -0.4 is 5.32 Å². The third-order valence-electron chi connectivity index (χ3n) is 3.41. The van der Waals surface area contributed by atoms with Crippen LogP contribution in [0.1, 0.15) is 22.8 Å². The van der Waals surface area contributed by atoms with E-state index in [-0.39, 0.29) is 18.1 Å². The van der Waals surface area contributed by atoms with Crippen molar-refractivity contribution in [2.45, 2.75) is 19.6 Å². The lowest BCUT2D eigenvalue weighted by molar-refractivity contribution is -0.385. The van der Waals surface area contributed by atoms with Crippen LogP contribution in [0, 0.1) is 17.0 Å². The van der Waals surface area contributed by atoms with Crippen molar-refractivity contribution in [1.29, 1.82) is 0 Å². The predicted octanol–water partition coefficient (Wildman–Crippen LogP) is 3.09. The first kappa shape index (κ1) is 17.2. The normalized spacial score (nSPS) is 12.1. The summed E-state index contributed by atoms with van der Waals surface area (Å²) in [5.41, 5.74) is 1.69. The molecule has 2 aromatic carbocycles. The van der Waals surface area contributed by atoms with Crippen molar-refractivity contribution in [1.82, 2.24) is 5.32 Å². The molecule has 2 aromatic rings. The van der Waals surface area contributed by atoms with Gasteiger partial charge in [-0.15, -0.1) is 0 Å². The van der Waals surface area contributed by atoms with Gasteiger partial charge in [-0.2, -0.15) is 0 Å². The van der Waals surface area contributed by atoms with Gasteiger partial charge in [-0.25, -0.2) is 0 Å². The van der Waals surface area contributed by atoms with Crippen molar-refractivity contribution in [3.63, 3.8) is 0 Å². The van der Waals surface area contributed by atoms with Crippen LogP contribution in [-0.2, 0) is 6.54 Å². The van der Waals surface area contributed by atoms with E-state index in [4.69, 9.17) is 11.6 Å². The lowest BCUT2D eigenvalue weighted by Gasteiger charge is -2.13. The molecular weight excluding hydrogens is 320 g/mol. The summed E-state index contributed by atoms with van der Waals surface area (Å²) in [6, 6.07) is 10.1. The number of phenolic OH excluding ortho intramolecular Hbond substituents is 1. The van der Waals surface area contributed by atoms with Gasteiger partial charge in [0.15, 0.2) is 5.75 Å². The summed E-state index contributed by atoms with van der Waals surface area (Å²) in [6.07, 6.45) is -0.716. The van der Waals surface area contributed by atoms with Gasteiger partial charge in [0.25, 0.3) is 0 Å². The van der Waals surface area contributed by atoms with Crippen molar-refractivity contribution >= 4 is 17.3 Å². The van der Waals surface area contributed by atoms with Gasteiger partial charge in [0.1, 0.15) is 0 Å². The Hall–Kier alpha value is -2.15. The van der Waals surface area contributed by atoms with Crippen molar-refractivity contribution < 1.29 is 15.1 Å². The number of rotatable bonds is 6. The van der Waals surface area contributed by atoms with Gasteiger partial charge in [-0.05, 0) is 18.6 Å². The predicted molar refractivity (Wildman–Crippen MR) is 87.6 cm³/mol. The van der Waals surface area contributed by atoms with E-state index >= 15 is 0 Å². The molecular formula is C16H17ClN2O4. The zero-order chi connectivity index (χ0) is 17.0. The molecule has 0 saturated heterocycles. The van der Waals surface area contributed by atoms with Gasteiger partial charge in [-0.3, -0.25) is 10.1 Å². The van der Waals surface area contributed by atoms with Crippen LogP contribution in [0.15, 0.2) is 36.4 Å². The first-order valence-corrected chi connectivity index (χ1v) is 7.37. The van der Waals surface area contributed by atoms with Crippen LogP contribution in [0.4, 0.5) is 5.69 Å². The molecule has 3 N–H and O–H groups in total. The van der Waals surface area contributed by atoms with Crippen LogP contribution in [0.25, 0.3) is 0 Å². The molecule has 7 heteroatoms. The standard InChI is InChI=1S/C16H17ClN2O4/c1-10-3-2-4-11(5-10)15(20)9-18-8-12-6-13(17)7-14(16(12)21)19(22)23/h2-7,15,18,20-21H,8-9H2,1H3. The third-order valence-corrected chi connectivity index (χ3v) is 3.63. The average Bonchev–Trinajstić information content (AvgIpc) is 2.49. The summed E-state index contributed by atoms with van der Waals surface area (Å²) in [5.74, 6) is -0.419. The highest BCUT2D eigenvalue weighted by molar-refractivity contribution is 6.31. The number of phenols is 1. The Kier molecular flexibility index (Phi) is 5.54. The Labute approximate surface area is 138 Å². The minimum atomic E-state index is -0.716. The Morgan fingerprint density at radius 3 is 2.74 bits per heavy atom. The zero-order valence-corrected chi connectivity index (χ0v) is 13.2. The van der Waals surface area contributed by atoms with Gasteiger partial charge in [0.05, 0.1) is 11.0 Å². The summed E-state index contributed by atoms with van der Waals surface area (Å²) >= 11 is 5.83. The molecule has 0 aromatic heterocycles. The Balaban J connectivity index is 2.03. The molecule has 23 heavy (non-hydrogen) atoms. The molecule has 0 amide bonds. The maximum absolute atomic E-state index is 10.9. The monoisotopic (exact) mass is 336 g/mol. The second-order valence-corrected chi connectivity index (χ2v) is 5.69. The quantitative estimate of drug-likeness (QED) is 0.556. The highest BCUT2D eigenvalue weighted by atomic mass is 35.5. The van der Waals surface area contributed by atoms with E-state index < -0.39 is 22.5 Å². The lowest BCUT2D eigenvalue weighted by atomic mass is 10.1. The lowest BCUT2D eigenvalue weighted by Crippen LogP contribution is -2.21. The molecule has 0 aliphatic rings. The van der Waals surface area contributed by atoms with Gasteiger partial charge in [-0.1, -0.05) is 41.4 Å². The SMILES string of the molecule is Cc1cccc(C(O)CNCc2cc(Cl)cc([N+](=O)[O-])c2O)c1. The van der Waals surface area contributed by atoms with Gasteiger partial charge in [0, 0.05) is 29.7 Å². The van der Waals surface area contributed by atoms with E-state index in [1.54, 1.807) is 0 Å². The van der Waals surface area contributed by atoms with Crippen LogP contribution in [0.3, 0.4) is 0 Å². The number of aryl methyl sites for hydroxylation is 1. The molecule has 2 rings (SSSR count). The van der Waals surface area contributed by atoms with E-state index in [0.717, 1.165) is 17.2 Å².